The normalized spacial score (nSPS) is 21.3. The number of carbonyl (C=O) groups excluding carboxylic acids is 1. The quantitative estimate of drug-likeness (QED) is 0.648. The van der Waals surface area contributed by atoms with Crippen LogP contribution in [0.4, 0.5) is 0 Å². The number of esters is 1. The van der Waals surface area contributed by atoms with Crippen molar-refractivity contribution in [2.45, 2.75) is 32.6 Å². The molecule has 3 heteroatoms. The van der Waals surface area contributed by atoms with Crippen LogP contribution in [0.1, 0.15) is 32.6 Å². The van der Waals surface area contributed by atoms with E-state index in [0.717, 1.165) is 19.6 Å². The molecule has 82 valence electrons. The highest BCUT2D eigenvalue weighted by Crippen LogP contribution is 2.11. The van der Waals surface area contributed by atoms with Crippen LogP contribution in [-0.2, 0) is 9.53 Å². The third-order valence-corrected chi connectivity index (χ3v) is 2.83. The molecule has 0 aromatic rings. The van der Waals surface area contributed by atoms with Crippen molar-refractivity contribution in [2.24, 2.45) is 5.92 Å². The molecule has 0 unspecified atom stereocenters. The Morgan fingerprint density at radius 1 is 1.29 bits per heavy atom. The lowest BCUT2D eigenvalue weighted by Crippen LogP contribution is -2.33. The van der Waals surface area contributed by atoms with Gasteiger partial charge in [0.05, 0.1) is 13.0 Å². The van der Waals surface area contributed by atoms with Gasteiger partial charge in [-0.2, -0.15) is 0 Å². The number of rotatable bonds is 3. The smallest absolute Gasteiger partial charge is 0.309 e. The Labute approximate surface area is 86.4 Å². The lowest BCUT2D eigenvalue weighted by molar-refractivity contribution is -0.145. The van der Waals surface area contributed by atoms with Gasteiger partial charge in [-0.25, -0.2) is 0 Å². The van der Waals surface area contributed by atoms with E-state index in [1.165, 1.54) is 32.8 Å². The first-order valence-electron chi connectivity index (χ1n) is 5.54. The van der Waals surface area contributed by atoms with Crippen molar-refractivity contribution in [2.75, 3.05) is 26.7 Å². The maximum absolute atomic E-state index is 11.2. The second-order valence-electron chi connectivity index (χ2n) is 4.14. The number of hydrogen-bond donors (Lipinski definition) is 0. The molecule has 1 aliphatic rings. The van der Waals surface area contributed by atoms with E-state index in [-0.39, 0.29) is 11.9 Å². The summed E-state index contributed by atoms with van der Waals surface area (Å²) in [5.41, 5.74) is 0. The molecule has 1 aliphatic heterocycles. The third kappa shape index (κ3) is 3.66. The standard InChI is InChI=1S/C11H21NO2/c1-10(11(13)14-2)9-12-7-5-3-4-6-8-12/h10H,3-9H2,1-2H3/t10-/m1/s1. The van der Waals surface area contributed by atoms with Gasteiger partial charge in [0.15, 0.2) is 0 Å². The van der Waals surface area contributed by atoms with Crippen molar-refractivity contribution >= 4 is 5.97 Å². The molecule has 1 heterocycles. The summed E-state index contributed by atoms with van der Waals surface area (Å²) in [6, 6.07) is 0. The van der Waals surface area contributed by atoms with Crippen molar-refractivity contribution in [3.8, 4) is 0 Å². The molecule has 14 heavy (non-hydrogen) atoms. The fourth-order valence-electron chi connectivity index (χ4n) is 1.98. The van der Waals surface area contributed by atoms with E-state index in [2.05, 4.69) is 4.90 Å². The van der Waals surface area contributed by atoms with E-state index in [1.807, 2.05) is 6.92 Å². The zero-order chi connectivity index (χ0) is 10.4. The van der Waals surface area contributed by atoms with Gasteiger partial charge in [0.2, 0.25) is 0 Å². The molecule has 0 spiro atoms. The van der Waals surface area contributed by atoms with Crippen molar-refractivity contribution in [3.05, 3.63) is 0 Å². The monoisotopic (exact) mass is 199 g/mol. The first-order valence-corrected chi connectivity index (χ1v) is 5.54. The number of methoxy groups -OCH3 is 1. The SMILES string of the molecule is COC(=O)[C@H](C)CN1CCCCCC1. The molecule has 0 aliphatic carbocycles. The van der Waals surface area contributed by atoms with Crippen molar-refractivity contribution < 1.29 is 9.53 Å². The fraction of sp³-hybridized carbons (Fsp3) is 0.909. The minimum Gasteiger partial charge on any atom is -0.469 e. The fourth-order valence-corrected chi connectivity index (χ4v) is 1.98. The Kier molecular flexibility index (Phi) is 4.94. The maximum atomic E-state index is 11.2. The largest absolute Gasteiger partial charge is 0.469 e. The number of nitrogens with zero attached hydrogens (tertiary/aromatic N) is 1. The second kappa shape index (κ2) is 6.02. The molecule has 3 nitrogen and oxygen atoms in total. The zero-order valence-corrected chi connectivity index (χ0v) is 9.29. The lowest BCUT2D eigenvalue weighted by Gasteiger charge is -2.22. The van der Waals surface area contributed by atoms with E-state index in [4.69, 9.17) is 4.74 Å². The summed E-state index contributed by atoms with van der Waals surface area (Å²) in [6.45, 7) is 5.08. The summed E-state index contributed by atoms with van der Waals surface area (Å²) in [5.74, 6) is -0.0765. The lowest BCUT2D eigenvalue weighted by atomic mass is 10.1. The van der Waals surface area contributed by atoms with Crippen LogP contribution in [0, 0.1) is 5.92 Å². The molecule has 0 radical (unpaired) electrons. The predicted octanol–water partition coefficient (Wildman–Crippen LogP) is 1.67. The number of likely N-dealkylation sites (tertiary alicyclic amines) is 1. The highest BCUT2D eigenvalue weighted by atomic mass is 16.5. The van der Waals surface area contributed by atoms with Gasteiger partial charge in [-0.1, -0.05) is 19.8 Å². The summed E-state index contributed by atoms with van der Waals surface area (Å²) in [4.78, 5) is 13.6. The van der Waals surface area contributed by atoms with Gasteiger partial charge < -0.3 is 9.64 Å². The van der Waals surface area contributed by atoms with Crippen molar-refractivity contribution in [1.82, 2.24) is 4.90 Å². The van der Waals surface area contributed by atoms with Crippen LogP contribution in [0.15, 0.2) is 0 Å². The van der Waals surface area contributed by atoms with Crippen LogP contribution in [0.5, 0.6) is 0 Å². The van der Waals surface area contributed by atoms with Gasteiger partial charge in [0.25, 0.3) is 0 Å². The predicted molar refractivity (Wildman–Crippen MR) is 56.1 cm³/mol. The van der Waals surface area contributed by atoms with Crippen LogP contribution in [-0.4, -0.2) is 37.6 Å². The Morgan fingerprint density at radius 3 is 2.36 bits per heavy atom. The van der Waals surface area contributed by atoms with Gasteiger partial charge in [-0.15, -0.1) is 0 Å². The summed E-state index contributed by atoms with van der Waals surface area (Å²) < 4.78 is 4.72. The van der Waals surface area contributed by atoms with E-state index in [1.54, 1.807) is 0 Å². The van der Waals surface area contributed by atoms with E-state index >= 15 is 0 Å². The van der Waals surface area contributed by atoms with Gasteiger partial charge in [-0.05, 0) is 25.9 Å². The average Bonchev–Trinajstić information content (AvgIpc) is 2.45. The highest BCUT2D eigenvalue weighted by molar-refractivity contribution is 5.72. The number of hydrogen-bond acceptors (Lipinski definition) is 3. The number of ether oxygens (including phenoxy) is 1. The summed E-state index contributed by atoms with van der Waals surface area (Å²) >= 11 is 0. The number of carbonyl (C=O) groups is 1. The second-order valence-corrected chi connectivity index (χ2v) is 4.14. The van der Waals surface area contributed by atoms with Crippen molar-refractivity contribution in [3.63, 3.8) is 0 Å². The van der Waals surface area contributed by atoms with E-state index < -0.39 is 0 Å². The Bertz CT molecular complexity index is 174. The van der Waals surface area contributed by atoms with Crippen LogP contribution < -0.4 is 0 Å². The first kappa shape index (κ1) is 11.5. The highest BCUT2D eigenvalue weighted by Gasteiger charge is 2.18. The molecule has 0 aromatic carbocycles. The van der Waals surface area contributed by atoms with Crippen LogP contribution in [0.25, 0.3) is 0 Å². The van der Waals surface area contributed by atoms with E-state index in [9.17, 15) is 4.79 Å². The molecule has 0 amide bonds. The third-order valence-electron chi connectivity index (χ3n) is 2.83. The van der Waals surface area contributed by atoms with Crippen LogP contribution in [0.2, 0.25) is 0 Å². The summed E-state index contributed by atoms with van der Waals surface area (Å²) in [5, 5.41) is 0. The van der Waals surface area contributed by atoms with Gasteiger partial charge in [0.1, 0.15) is 0 Å². The molecule has 0 N–H and O–H groups in total. The topological polar surface area (TPSA) is 29.5 Å². The molecule has 1 saturated heterocycles. The van der Waals surface area contributed by atoms with Crippen LogP contribution >= 0.6 is 0 Å². The maximum Gasteiger partial charge on any atom is 0.309 e. The minimum atomic E-state index is -0.0887. The van der Waals surface area contributed by atoms with Gasteiger partial charge >= 0.3 is 5.97 Å². The molecule has 1 rings (SSSR count). The molecule has 0 saturated carbocycles. The molecular weight excluding hydrogens is 178 g/mol. The Hall–Kier alpha value is -0.570. The Balaban J connectivity index is 2.30. The summed E-state index contributed by atoms with van der Waals surface area (Å²) in [7, 11) is 1.46. The zero-order valence-electron chi connectivity index (χ0n) is 9.29. The molecule has 1 atom stereocenters. The Morgan fingerprint density at radius 2 is 1.86 bits per heavy atom. The molecule has 0 aromatic heterocycles. The van der Waals surface area contributed by atoms with E-state index in [0.29, 0.717) is 0 Å². The first-order chi connectivity index (χ1) is 6.74. The molecule has 0 bridgehead atoms. The van der Waals surface area contributed by atoms with Crippen LogP contribution in [0.3, 0.4) is 0 Å². The molecular formula is C11H21NO2. The van der Waals surface area contributed by atoms with Gasteiger partial charge in [0, 0.05) is 6.54 Å². The van der Waals surface area contributed by atoms with Crippen molar-refractivity contribution in [1.29, 1.82) is 0 Å². The van der Waals surface area contributed by atoms with Gasteiger partial charge in [-0.3, -0.25) is 4.79 Å². The summed E-state index contributed by atoms with van der Waals surface area (Å²) in [6.07, 6.45) is 5.22. The average molecular weight is 199 g/mol. The molecule has 1 fully saturated rings. The minimum absolute atomic E-state index is 0.0121.